The zero-order valence-electron chi connectivity index (χ0n) is 16.1. The third kappa shape index (κ3) is 3.19. The van der Waals surface area contributed by atoms with Gasteiger partial charge in [-0.15, -0.1) is 0 Å². The minimum absolute atomic E-state index is 0.0916. The Morgan fingerprint density at radius 3 is 2.41 bits per heavy atom. The van der Waals surface area contributed by atoms with Gasteiger partial charge in [-0.2, -0.15) is 0 Å². The number of allylic oxidation sites excluding steroid dienone is 3. The molecule has 0 amide bonds. The first-order valence-corrected chi connectivity index (χ1v) is 12.1. The number of rotatable bonds is 3. The molecule has 5 rings (SSSR count). The third-order valence-corrected chi connectivity index (χ3v) is 9.27. The summed E-state index contributed by atoms with van der Waals surface area (Å²) >= 11 is -0.324. The summed E-state index contributed by atoms with van der Waals surface area (Å²) < 4.78 is 31.3. The molecule has 1 saturated carbocycles. The molecule has 0 radical (unpaired) electrons. The minimum Gasteiger partial charge on any atom is -0.388 e. The molecular formula is C24H22F2INO. The van der Waals surface area contributed by atoms with Crippen LogP contribution >= 0.6 is 21.0 Å². The maximum absolute atomic E-state index is 13.3. The van der Waals surface area contributed by atoms with Gasteiger partial charge in [0, 0.05) is 21.0 Å². The van der Waals surface area contributed by atoms with Crippen LogP contribution < -0.4 is 3.11 Å². The Hall–Kier alpha value is -1.86. The van der Waals surface area contributed by atoms with Gasteiger partial charge in [-0.25, -0.2) is 8.78 Å². The SMILES string of the molecule is C[C@]12CC3=C(C=C1CC[C@@H]2[C@@H](O)c1ccc(F)cc1)N(c1ccc(F)cc1)I=C3. The molecule has 3 aliphatic rings. The topological polar surface area (TPSA) is 23.5 Å². The lowest BCUT2D eigenvalue weighted by atomic mass is 9.67. The first kappa shape index (κ1) is 19.1. The first-order valence-electron chi connectivity index (χ1n) is 9.86. The van der Waals surface area contributed by atoms with Crippen LogP contribution in [0.2, 0.25) is 0 Å². The van der Waals surface area contributed by atoms with Crippen LogP contribution in [-0.4, -0.2) is 9.12 Å². The van der Waals surface area contributed by atoms with E-state index in [1.807, 2.05) is 12.1 Å². The highest BCUT2D eigenvalue weighted by Gasteiger charge is 2.49. The molecule has 2 aromatic carbocycles. The van der Waals surface area contributed by atoms with Crippen molar-refractivity contribution in [2.45, 2.75) is 32.3 Å². The molecule has 0 saturated heterocycles. The van der Waals surface area contributed by atoms with Gasteiger partial charge in [-0.3, -0.25) is 3.11 Å². The van der Waals surface area contributed by atoms with Crippen molar-refractivity contribution in [1.82, 2.24) is 0 Å². The Morgan fingerprint density at radius 2 is 1.72 bits per heavy atom. The maximum atomic E-state index is 13.3. The number of halogens is 3. The Bertz CT molecular complexity index is 1040. The summed E-state index contributed by atoms with van der Waals surface area (Å²) in [6, 6.07) is 13.0. The first-order chi connectivity index (χ1) is 14.0. The Kier molecular flexibility index (Phi) is 4.70. The number of benzene rings is 2. The summed E-state index contributed by atoms with van der Waals surface area (Å²) in [5, 5.41) is 11.1. The van der Waals surface area contributed by atoms with Gasteiger partial charge < -0.3 is 5.11 Å². The van der Waals surface area contributed by atoms with E-state index in [1.165, 1.54) is 41.1 Å². The highest BCUT2D eigenvalue weighted by atomic mass is 127. The smallest absolute Gasteiger partial charge is 0.123 e. The molecule has 29 heavy (non-hydrogen) atoms. The number of fused-ring (bicyclic) bond motifs is 1. The molecule has 1 fully saturated rings. The van der Waals surface area contributed by atoms with Crippen molar-refractivity contribution in [3.63, 3.8) is 0 Å². The standard InChI is InChI=1S/C24H22F2INO/c1-24-13-16-14-27-28(20-9-7-19(26)8-10-20)22(16)12-17(24)4-11-21(24)23(29)15-2-5-18(25)6-3-15/h2-3,5-10,12,14,21,23,29H,4,11,13H2,1H3/t21-,23+,24+/m1/s1. The van der Waals surface area contributed by atoms with Gasteiger partial charge in [0.15, 0.2) is 0 Å². The maximum Gasteiger partial charge on any atom is 0.123 e. The van der Waals surface area contributed by atoms with Crippen molar-refractivity contribution < 1.29 is 13.9 Å². The molecule has 150 valence electrons. The monoisotopic (exact) mass is 505 g/mol. The predicted molar refractivity (Wildman–Crippen MR) is 121 cm³/mol. The largest absolute Gasteiger partial charge is 0.388 e. The number of anilines is 1. The molecule has 3 atom stereocenters. The van der Waals surface area contributed by atoms with Gasteiger partial charge in [0.05, 0.1) is 17.5 Å². The van der Waals surface area contributed by atoms with Crippen LogP contribution in [-0.2, 0) is 0 Å². The number of nitrogens with zero attached hydrogens (tertiary/aromatic N) is 1. The van der Waals surface area contributed by atoms with Crippen LogP contribution in [0, 0.1) is 23.0 Å². The average Bonchev–Trinajstić information content (AvgIpc) is 3.26. The van der Waals surface area contributed by atoms with E-state index in [1.54, 1.807) is 12.1 Å². The molecule has 2 nitrogen and oxygen atoms in total. The highest BCUT2D eigenvalue weighted by molar-refractivity contribution is 14.2. The molecule has 1 N–H and O–H groups in total. The van der Waals surface area contributed by atoms with Gasteiger partial charge in [-0.05, 0) is 88.2 Å². The quantitative estimate of drug-likeness (QED) is 0.397. The van der Waals surface area contributed by atoms with Crippen molar-refractivity contribution in [2.24, 2.45) is 11.3 Å². The number of aliphatic hydroxyl groups excluding tert-OH is 1. The molecule has 1 aliphatic heterocycles. The molecule has 2 aromatic rings. The van der Waals surface area contributed by atoms with Crippen LogP contribution in [0.5, 0.6) is 0 Å². The lowest BCUT2D eigenvalue weighted by molar-refractivity contribution is 0.0558. The summed E-state index contributed by atoms with van der Waals surface area (Å²) in [6.07, 6.45) is 4.51. The molecule has 0 spiro atoms. The summed E-state index contributed by atoms with van der Waals surface area (Å²) in [5.74, 6) is -0.385. The van der Waals surface area contributed by atoms with E-state index in [0.717, 1.165) is 30.5 Å². The second-order valence-electron chi connectivity index (χ2n) is 8.28. The van der Waals surface area contributed by atoms with E-state index >= 15 is 0 Å². The summed E-state index contributed by atoms with van der Waals surface area (Å²) in [7, 11) is 0. The molecule has 0 unspecified atom stereocenters. The highest BCUT2D eigenvalue weighted by Crippen LogP contribution is 2.59. The van der Waals surface area contributed by atoms with Crippen LogP contribution in [0.15, 0.2) is 71.5 Å². The summed E-state index contributed by atoms with van der Waals surface area (Å²) in [5.41, 5.74) is 5.71. The molecule has 2 aliphatic carbocycles. The van der Waals surface area contributed by atoms with Gasteiger partial charge in [0.1, 0.15) is 11.6 Å². The average molecular weight is 505 g/mol. The number of aliphatic hydroxyl groups is 1. The minimum atomic E-state index is -0.599. The van der Waals surface area contributed by atoms with E-state index in [9.17, 15) is 13.9 Å². The normalized spacial score (nSPS) is 26.7. The third-order valence-electron chi connectivity index (χ3n) is 6.61. The van der Waals surface area contributed by atoms with Crippen LogP contribution in [0.3, 0.4) is 0 Å². The Morgan fingerprint density at radius 1 is 1.07 bits per heavy atom. The Balaban J connectivity index is 1.44. The van der Waals surface area contributed by atoms with E-state index in [4.69, 9.17) is 0 Å². The van der Waals surface area contributed by atoms with Gasteiger partial charge >= 0.3 is 0 Å². The van der Waals surface area contributed by atoms with Crippen molar-refractivity contribution in [3.8, 4) is 0 Å². The van der Waals surface area contributed by atoms with Crippen LogP contribution in [0.1, 0.15) is 37.9 Å². The summed E-state index contributed by atoms with van der Waals surface area (Å²) in [6.45, 7) is 2.26. The predicted octanol–water partition coefficient (Wildman–Crippen LogP) is 6.21. The second-order valence-corrected chi connectivity index (χ2v) is 10.4. The van der Waals surface area contributed by atoms with E-state index in [-0.39, 0.29) is 44.0 Å². The lowest BCUT2D eigenvalue weighted by Gasteiger charge is -2.39. The van der Waals surface area contributed by atoms with E-state index < -0.39 is 6.10 Å². The molecule has 5 heteroatoms. The molecule has 0 aromatic heterocycles. The fourth-order valence-electron chi connectivity index (χ4n) is 4.98. The van der Waals surface area contributed by atoms with Crippen LogP contribution in [0.4, 0.5) is 14.5 Å². The van der Waals surface area contributed by atoms with Crippen molar-refractivity contribution in [1.29, 1.82) is 0 Å². The fraction of sp³-hybridized carbons (Fsp3) is 0.292. The van der Waals surface area contributed by atoms with Gasteiger partial charge in [0.25, 0.3) is 0 Å². The fourth-order valence-corrected chi connectivity index (χ4v) is 7.53. The zero-order valence-corrected chi connectivity index (χ0v) is 18.2. The molecular weight excluding hydrogens is 483 g/mol. The van der Waals surface area contributed by atoms with Crippen LogP contribution in [0.25, 0.3) is 0 Å². The van der Waals surface area contributed by atoms with Gasteiger partial charge in [0.2, 0.25) is 0 Å². The lowest BCUT2D eigenvalue weighted by Crippen LogP contribution is -2.31. The van der Waals surface area contributed by atoms with Crippen molar-refractivity contribution >= 4 is 30.7 Å². The van der Waals surface area contributed by atoms with Gasteiger partial charge in [-0.1, -0.05) is 24.6 Å². The number of hydrogen-bond donors (Lipinski definition) is 1. The van der Waals surface area contributed by atoms with Crippen molar-refractivity contribution in [3.05, 3.63) is 88.6 Å². The van der Waals surface area contributed by atoms with E-state index in [0.29, 0.717) is 0 Å². The number of hydrogen-bond acceptors (Lipinski definition) is 2. The molecule has 1 heterocycles. The molecule has 0 bridgehead atoms. The summed E-state index contributed by atoms with van der Waals surface area (Å²) in [4.78, 5) is 0. The Labute approximate surface area is 179 Å². The second kappa shape index (κ2) is 7.13. The zero-order chi connectivity index (χ0) is 20.2. The van der Waals surface area contributed by atoms with E-state index in [2.05, 4.69) is 20.1 Å². The van der Waals surface area contributed by atoms with Crippen molar-refractivity contribution in [2.75, 3.05) is 3.11 Å².